The molecule has 1 nitrogen and oxygen atoms in total. The number of rotatable bonds is 3. The molecular weight excluding hydrogens is 303 g/mol. The lowest BCUT2D eigenvalue weighted by molar-refractivity contribution is 0.414. The van der Waals surface area contributed by atoms with E-state index >= 15 is 0 Å². The molecule has 0 aromatic heterocycles. The van der Waals surface area contributed by atoms with Crippen molar-refractivity contribution in [2.45, 2.75) is 12.3 Å². The van der Waals surface area contributed by atoms with Gasteiger partial charge in [0.2, 0.25) is 0 Å². The Balaban J connectivity index is 2.41. The number of methoxy groups -OCH3 is 1. The molecule has 19 heavy (non-hydrogen) atoms. The average molecular weight is 316 g/mol. The Kier molecular flexibility index (Phi) is 4.62. The fraction of sp³-hybridized carbons (Fsp3) is 0.200. The lowest BCUT2D eigenvalue weighted by atomic mass is 10.0. The van der Waals surface area contributed by atoms with Gasteiger partial charge in [0.25, 0.3) is 0 Å². The highest BCUT2D eigenvalue weighted by Crippen LogP contribution is 2.38. The van der Waals surface area contributed by atoms with Gasteiger partial charge in [-0.2, -0.15) is 0 Å². The Morgan fingerprint density at radius 3 is 2.05 bits per heavy atom. The zero-order chi connectivity index (χ0) is 14.0. The summed E-state index contributed by atoms with van der Waals surface area (Å²) in [6, 6.07) is 11.2. The summed E-state index contributed by atoms with van der Waals surface area (Å²) in [6.07, 6.45) is 0. The van der Waals surface area contributed by atoms with Gasteiger partial charge in [0.1, 0.15) is 5.75 Å². The van der Waals surface area contributed by atoms with E-state index in [1.54, 1.807) is 13.2 Å². The maximum atomic E-state index is 6.48. The number of alkyl halides is 1. The number of hydrogen-bond acceptors (Lipinski definition) is 1. The van der Waals surface area contributed by atoms with Crippen LogP contribution in [0.5, 0.6) is 5.75 Å². The minimum atomic E-state index is -0.383. The SMILES string of the molecule is COc1ccc(C(Cl)c2ccc(C)cc2Cl)c(Cl)c1. The van der Waals surface area contributed by atoms with Crippen molar-refractivity contribution in [2.24, 2.45) is 0 Å². The average Bonchev–Trinajstić information content (AvgIpc) is 2.37. The summed E-state index contributed by atoms with van der Waals surface area (Å²) in [5, 5.41) is 0.828. The van der Waals surface area contributed by atoms with Crippen LogP contribution in [0.15, 0.2) is 36.4 Å². The molecule has 1 unspecified atom stereocenters. The molecule has 2 aromatic carbocycles. The Hall–Kier alpha value is -0.890. The monoisotopic (exact) mass is 314 g/mol. The summed E-state index contributed by atoms with van der Waals surface area (Å²) in [5.74, 6) is 0.701. The third-order valence-electron chi connectivity index (χ3n) is 2.91. The summed E-state index contributed by atoms with van der Waals surface area (Å²) < 4.78 is 5.12. The van der Waals surface area contributed by atoms with Crippen molar-refractivity contribution >= 4 is 34.8 Å². The van der Waals surface area contributed by atoms with Crippen LogP contribution < -0.4 is 4.74 Å². The van der Waals surface area contributed by atoms with E-state index in [-0.39, 0.29) is 5.38 Å². The van der Waals surface area contributed by atoms with E-state index in [1.165, 1.54) is 0 Å². The minimum absolute atomic E-state index is 0.383. The molecule has 0 fully saturated rings. The third-order valence-corrected chi connectivity index (χ3v) is 4.03. The van der Waals surface area contributed by atoms with Gasteiger partial charge in [0, 0.05) is 10.0 Å². The highest BCUT2D eigenvalue weighted by molar-refractivity contribution is 6.35. The van der Waals surface area contributed by atoms with Crippen LogP contribution in [0.3, 0.4) is 0 Å². The largest absolute Gasteiger partial charge is 0.497 e. The molecule has 0 aliphatic carbocycles. The maximum Gasteiger partial charge on any atom is 0.120 e. The molecular formula is C15H13Cl3O. The van der Waals surface area contributed by atoms with Gasteiger partial charge in [-0.05, 0) is 41.8 Å². The predicted octanol–water partition coefficient (Wildman–Crippen LogP) is 5.64. The quantitative estimate of drug-likeness (QED) is 0.666. The van der Waals surface area contributed by atoms with Crippen LogP contribution in [0.4, 0.5) is 0 Å². The number of ether oxygens (including phenoxy) is 1. The molecule has 0 heterocycles. The summed E-state index contributed by atoms with van der Waals surface area (Å²) in [6.45, 7) is 1.99. The molecule has 0 saturated heterocycles. The molecule has 2 rings (SSSR count). The van der Waals surface area contributed by atoms with Crippen LogP contribution in [0.25, 0.3) is 0 Å². The Bertz CT molecular complexity index is 596. The summed E-state index contributed by atoms with van der Waals surface area (Å²) in [7, 11) is 1.60. The molecule has 0 aliphatic heterocycles. The summed E-state index contributed by atoms with van der Waals surface area (Å²) in [4.78, 5) is 0. The summed E-state index contributed by atoms with van der Waals surface area (Å²) >= 11 is 18.9. The Morgan fingerprint density at radius 1 is 0.947 bits per heavy atom. The van der Waals surface area contributed by atoms with E-state index in [4.69, 9.17) is 39.5 Å². The second-order valence-electron chi connectivity index (χ2n) is 4.27. The first-order chi connectivity index (χ1) is 9.02. The summed E-state index contributed by atoms with van der Waals surface area (Å²) in [5.41, 5.74) is 2.76. The van der Waals surface area contributed by atoms with Crippen molar-refractivity contribution in [1.82, 2.24) is 0 Å². The Labute approximate surface area is 128 Å². The van der Waals surface area contributed by atoms with Gasteiger partial charge in [0.15, 0.2) is 0 Å². The Morgan fingerprint density at radius 2 is 1.53 bits per heavy atom. The molecule has 0 bridgehead atoms. The van der Waals surface area contributed by atoms with E-state index in [0.29, 0.717) is 15.8 Å². The topological polar surface area (TPSA) is 9.23 Å². The van der Waals surface area contributed by atoms with Crippen LogP contribution in [0, 0.1) is 6.92 Å². The van der Waals surface area contributed by atoms with Gasteiger partial charge < -0.3 is 4.74 Å². The van der Waals surface area contributed by atoms with Gasteiger partial charge in [-0.25, -0.2) is 0 Å². The van der Waals surface area contributed by atoms with Gasteiger partial charge in [-0.3, -0.25) is 0 Å². The highest BCUT2D eigenvalue weighted by atomic mass is 35.5. The fourth-order valence-electron chi connectivity index (χ4n) is 1.85. The number of benzene rings is 2. The van der Waals surface area contributed by atoms with E-state index < -0.39 is 0 Å². The second-order valence-corrected chi connectivity index (χ2v) is 5.53. The molecule has 100 valence electrons. The van der Waals surface area contributed by atoms with E-state index in [9.17, 15) is 0 Å². The first-order valence-corrected chi connectivity index (χ1v) is 6.95. The second kappa shape index (κ2) is 6.04. The van der Waals surface area contributed by atoms with Gasteiger partial charge in [-0.15, -0.1) is 11.6 Å². The number of aryl methyl sites for hydroxylation is 1. The third kappa shape index (κ3) is 3.17. The molecule has 1 atom stereocenters. The predicted molar refractivity (Wildman–Crippen MR) is 81.9 cm³/mol. The van der Waals surface area contributed by atoms with Gasteiger partial charge >= 0.3 is 0 Å². The number of hydrogen-bond donors (Lipinski definition) is 0. The van der Waals surface area contributed by atoms with Gasteiger partial charge in [0.05, 0.1) is 12.5 Å². The number of halogens is 3. The maximum absolute atomic E-state index is 6.48. The van der Waals surface area contributed by atoms with Crippen molar-refractivity contribution in [3.8, 4) is 5.75 Å². The zero-order valence-corrected chi connectivity index (χ0v) is 12.9. The van der Waals surface area contributed by atoms with E-state index in [2.05, 4.69) is 0 Å². The van der Waals surface area contributed by atoms with Gasteiger partial charge in [-0.1, -0.05) is 41.4 Å². The van der Waals surface area contributed by atoms with Crippen LogP contribution in [-0.4, -0.2) is 7.11 Å². The first-order valence-electron chi connectivity index (χ1n) is 5.76. The van der Waals surface area contributed by atoms with Crippen LogP contribution >= 0.6 is 34.8 Å². The van der Waals surface area contributed by atoms with Crippen molar-refractivity contribution in [3.63, 3.8) is 0 Å². The fourth-order valence-corrected chi connectivity index (χ4v) is 2.96. The van der Waals surface area contributed by atoms with Crippen LogP contribution in [0.2, 0.25) is 10.0 Å². The van der Waals surface area contributed by atoms with Crippen molar-refractivity contribution < 1.29 is 4.74 Å². The zero-order valence-electron chi connectivity index (χ0n) is 10.6. The molecule has 0 N–H and O–H groups in total. The molecule has 0 radical (unpaired) electrons. The molecule has 0 saturated carbocycles. The van der Waals surface area contributed by atoms with Crippen LogP contribution in [-0.2, 0) is 0 Å². The minimum Gasteiger partial charge on any atom is -0.497 e. The van der Waals surface area contributed by atoms with Crippen LogP contribution in [0.1, 0.15) is 22.1 Å². The lowest BCUT2D eigenvalue weighted by Gasteiger charge is -2.15. The molecule has 0 aliphatic rings. The highest BCUT2D eigenvalue weighted by Gasteiger charge is 2.17. The first kappa shape index (κ1) is 14.5. The molecule has 0 amide bonds. The standard InChI is InChI=1S/C15H13Cl3O/c1-9-3-5-11(13(16)7-9)15(18)12-6-4-10(19-2)8-14(12)17/h3-8,15H,1-2H3. The smallest absolute Gasteiger partial charge is 0.120 e. The van der Waals surface area contributed by atoms with Crippen molar-refractivity contribution in [3.05, 3.63) is 63.1 Å². The molecule has 4 heteroatoms. The lowest BCUT2D eigenvalue weighted by Crippen LogP contribution is -1.96. The van der Waals surface area contributed by atoms with Crippen molar-refractivity contribution in [2.75, 3.05) is 7.11 Å². The van der Waals surface area contributed by atoms with Crippen molar-refractivity contribution in [1.29, 1.82) is 0 Å². The molecule has 2 aromatic rings. The molecule has 0 spiro atoms. The van der Waals surface area contributed by atoms with E-state index in [1.807, 2.05) is 37.3 Å². The normalized spacial score (nSPS) is 12.3. The van der Waals surface area contributed by atoms with E-state index in [0.717, 1.165) is 16.7 Å².